The fourth-order valence-electron chi connectivity index (χ4n) is 8.50. The maximum atomic E-state index is 5.59. The number of allylic oxidation sites excluding steroid dienone is 2. The number of rotatable bonds is 5. The second-order valence-corrected chi connectivity index (χ2v) is 15.5. The van der Waals surface area contributed by atoms with Gasteiger partial charge in [-0.15, -0.1) is 11.3 Å². The SMILES string of the molecule is CC1C(c2ccccc2)=CC(c2ccccc2)=NC(c2cccc(-n3c4ccccc4c4cc(-c5cccc6c5sc5ccccc56)ccc43)c2)C1C. The van der Waals surface area contributed by atoms with Crippen molar-refractivity contribution in [1.29, 1.82) is 0 Å². The number of hydrogen-bond acceptors (Lipinski definition) is 2. The van der Waals surface area contributed by atoms with Gasteiger partial charge in [-0.05, 0) is 87.7 Å². The van der Waals surface area contributed by atoms with Gasteiger partial charge in [0.25, 0.3) is 0 Å². The van der Waals surface area contributed by atoms with E-state index in [0.717, 1.165) is 17.0 Å². The number of benzene rings is 7. The first-order valence-electron chi connectivity index (χ1n) is 18.6. The summed E-state index contributed by atoms with van der Waals surface area (Å²) in [5.41, 5.74) is 12.1. The molecule has 10 rings (SSSR count). The van der Waals surface area contributed by atoms with Crippen molar-refractivity contribution in [2.24, 2.45) is 16.8 Å². The first kappa shape index (κ1) is 31.7. The first-order valence-corrected chi connectivity index (χ1v) is 19.4. The molecule has 0 saturated heterocycles. The van der Waals surface area contributed by atoms with Crippen LogP contribution in [0, 0.1) is 11.8 Å². The predicted octanol–water partition coefficient (Wildman–Crippen LogP) is 13.7. The summed E-state index contributed by atoms with van der Waals surface area (Å²) >= 11 is 1.89. The lowest BCUT2D eigenvalue weighted by atomic mass is 9.79. The van der Waals surface area contributed by atoms with Crippen LogP contribution in [-0.4, -0.2) is 10.3 Å². The van der Waals surface area contributed by atoms with Gasteiger partial charge in [-0.1, -0.05) is 147 Å². The summed E-state index contributed by atoms with van der Waals surface area (Å²) in [6.07, 6.45) is 2.33. The van der Waals surface area contributed by atoms with Gasteiger partial charge in [0.15, 0.2) is 0 Å². The van der Waals surface area contributed by atoms with E-state index in [9.17, 15) is 0 Å². The third-order valence-electron chi connectivity index (χ3n) is 11.4. The Morgan fingerprint density at radius 2 is 1.21 bits per heavy atom. The fourth-order valence-corrected chi connectivity index (χ4v) is 9.74. The van der Waals surface area contributed by atoms with Crippen LogP contribution < -0.4 is 0 Å². The molecule has 53 heavy (non-hydrogen) atoms. The summed E-state index contributed by atoms with van der Waals surface area (Å²) in [6.45, 7) is 4.74. The summed E-state index contributed by atoms with van der Waals surface area (Å²) < 4.78 is 5.12. The van der Waals surface area contributed by atoms with E-state index < -0.39 is 0 Å². The van der Waals surface area contributed by atoms with Crippen molar-refractivity contribution < 1.29 is 0 Å². The molecule has 9 aromatic rings. The monoisotopic (exact) mass is 698 g/mol. The number of aliphatic imine (C=N–C) groups is 1. The van der Waals surface area contributed by atoms with E-state index in [-0.39, 0.29) is 12.0 Å². The average Bonchev–Trinajstić information content (AvgIpc) is 3.73. The van der Waals surface area contributed by atoms with E-state index in [1.54, 1.807) is 0 Å². The van der Waals surface area contributed by atoms with E-state index in [2.05, 4.69) is 194 Å². The molecule has 0 aliphatic carbocycles. The highest BCUT2D eigenvalue weighted by Crippen LogP contribution is 2.44. The van der Waals surface area contributed by atoms with Gasteiger partial charge in [0.05, 0.1) is 22.8 Å². The Morgan fingerprint density at radius 1 is 0.528 bits per heavy atom. The van der Waals surface area contributed by atoms with Gasteiger partial charge in [0.1, 0.15) is 0 Å². The molecule has 0 bridgehead atoms. The van der Waals surface area contributed by atoms with Gasteiger partial charge in [-0.25, -0.2) is 0 Å². The predicted molar refractivity (Wildman–Crippen MR) is 228 cm³/mol. The average molecular weight is 699 g/mol. The quantitative estimate of drug-likeness (QED) is 0.170. The first-order chi connectivity index (χ1) is 26.1. The van der Waals surface area contributed by atoms with Crippen molar-refractivity contribution >= 4 is 64.6 Å². The summed E-state index contributed by atoms with van der Waals surface area (Å²) in [7, 11) is 0. The largest absolute Gasteiger partial charge is 0.309 e. The Hall–Kier alpha value is -6.03. The molecule has 0 fully saturated rings. The molecular weight excluding hydrogens is 661 g/mol. The Morgan fingerprint density at radius 3 is 2.04 bits per heavy atom. The second kappa shape index (κ2) is 12.9. The molecule has 3 heterocycles. The standard InChI is InChI=1S/C50H38N2S/c1-32-33(2)49(51-45(35-17-7-4-8-18-35)31-43(32)34-15-5-3-6-16-34)37-19-13-20-38(29-37)52-46-25-11-9-21-40(46)44-30-36(27-28-47(44)52)39-23-14-24-42-41-22-10-12-26-48(41)53-50(39)42/h3-33,49H,1-2H3. The van der Waals surface area contributed by atoms with Crippen LogP contribution in [-0.2, 0) is 0 Å². The molecule has 3 atom stereocenters. The Labute approximate surface area is 314 Å². The maximum Gasteiger partial charge on any atom is 0.0788 e. The summed E-state index contributed by atoms with van der Waals surface area (Å²) in [6, 6.07) is 62.0. The van der Waals surface area contributed by atoms with Crippen LogP contribution in [0.4, 0.5) is 0 Å². The number of thiophene rings is 1. The molecule has 1 aliphatic heterocycles. The molecule has 254 valence electrons. The van der Waals surface area contributed by atoms with Gasteiger partial charge in [0, 0.05) is 36.6 Å². The van der Waals surface area contributed by atoms with Crippen molar-refractivity contribution in [3.8, 4) is 16.8 Å². The van der Waals surface area contributed by atoms with E-state index in [1.165, 1.54) is 69.8 Å². The molecule has 0 radical (unpaired) electrons. The Bertz CT molecular complexity index is 2870. The van der Waals surface area contributed by atoms with E-state index in [1.807, 2.05) is 11.3 Å². The molecule has 0 spiro atoms. The minimum Gasteiger partial charge on any atom is -0.309 e. The normalized spacial score (nSPS) is 17.7. The van der Waals surface area contributed by atoms with Gasteiger partial charge in [-0.3, -0.25) is 4.99 Å². The maximum absolute atomic E-state index is 5.59. The zero-order valence-corrected chi connectivity index (χ0v) is 30.6. The number of para-hydroxylation sites is 1. The molecular formula is C50H38N2S. The molecule has 3 unspecified atom stereocenters. The summed E-state index contributed by atoms with van der Waals surface area (Å²) in [5, 5.41) is 5.18. The lowest BCUT2D eigenvalue weighted by Gasteiger charge is -2.27. The van der Waals surface area contributed by atoms with Gasteiger partial charge >= 0.3 is 0 Å². The van der Waals surface area contributed by atoms with Crippen LogP contribution >= 0.6 is 11.3 Å². The second-order valence-electron chi connectivity index (χ2n) is 14.4. The minimum absolute atomic E-state index is 0.0147. The van der Waals surface area contributed by atoms with Crippen LogP contribution in [0.1, 0.15) is 36.6 Å². The topological polar surface area (TPSA) is 17.3 Å². The zero-order valence-electron chi connectivity index (χ0n) is 29.8. The van der Waals surface area contributed by atoms with Crippen molar-refractivity contribution in [3.63, 3.8) is 0 Å². The summed E-state index contributed by atoms with van der Waals surface area (Å²) in [5.74, 6) is 0.573. The lowest BCUT2D eigenvalue weighted by Crippen LogP contribution is -2.17. The van der Waals surface area contributed by atoms with Crippen molar-refractivity contribution in [3.05, 3.63) is 193 Å². The number of hydrogen-bond donors (Lipinski definition) is 0. The Kier molecular flexibility index (Phi) is 7.70. The third-order valence-corrected chi connectivity index (χ3v) is 12.6. The zero-order chi connectivity index (χ0) is 35.5. The molecule has 0 N–H and O–H groups in total. The number of aromatic nitrogens is 1. The molecule has 1 aliphatic rings. The van der Waals surface area contributed by atoms with Crippen LogP contribution in [0.2, 0.25) is 0 Å². The van der Waals surface area contributed by atoms with Gasteiger partial charge in [-0.2, -0.15) is 0 Å². The molecule has 0 saturated carbocycles. The highest BCUT2D eigenvalue weighted by atomic mass is 32.1. The molecule has 7 aromatic carbocycles. The smallest absolute Gasteiger partial charge is 0.0788 e. The van der Waals surface area contributed by atoms with E-state index >= 15 is 0 Å². The van der Waals surface area contributed by atoms with Crippen molar-refractivity contribution in [2.45, 2.75) is 19.9 Å². The summed E-state index contributed by atoms with van der Waals surface area (Å²) in [4.78, 5) is 5.59. The van der Waals surface area contributed by atoms with Crippen LogP contribution in [0.15, 0.2) is 181 Å². The molecule has 2 nitrogen and oxygen atoms in total. The molecule has 3 heteroatoms. The van der Waals surface area contributed by atoms with Gasteiger partial charge < -0.3 is 4.57 Å². The number of fused-ring (bicyclic) bond motifs is 6. The highest BCUT2D eigenvalue weighted by Gasteiger charge is 2.31. The van der Waals surface area contributed by atoms with Crippen LogP contribution in [0.25, 0.3) is 64.4 Å². The Balaban J connectivity index is 1.11. The van der Waals surface area contributed by atoms with Crippen LogP contribution in [0.3, 0.4) is 0 Å². The van der Waals surface area contributed by atoms with Crippen LogP contribution in [0.5, 0.6) is 0 Å². The fraction of sp³-hybridized carbons (Fsp3) is 0.100. The number of nitrogens with zero attached hydrogens (tertiary/aromatic N) is 2. The van der Waals surface area contributed by atoms with E-state index in [4.69, 9.17) is 4.99 Å². The van der Waals surface area contributed by atoms with Crippen molar-refractivity contribution in [2.75, 3.05) is 0 Å². The van der Waals surface area contributed by atoms with E-state index in [0.29, 0.717) is 5.92 Å². The molecule has 0 amide bonds. The third kappa shape index (κ3) is 5.34. The molecule has 2 aromatic heterocycles. The van der Waals surface area contributed by atoms with Gasteiger partial charge in [0.2, 0.25) is 0 Å². The van der Waals surface area contributed by atoms with Crippen molar-refractivity contribution in [1.82, 2.24) is 4.57 Å². The minimum atomic E-state index is -0.0147. The lowest BCUT2D eigenvalue weighted by molar-refractivity contribution is 0.396. The highest BCUT2D eigenvalue weighted by molar-refractivity contribution is 7.26.